The van der Waals surface area contributed by atoms with Crippen molar-refractivity contribution >= 4 is 39.1 Å². The minimum atomic E-state index is 0.235. The summed E-state index contributed by atoms with van der Waals surface area (Å²) in [5.41, 5.74) is 4.34. The normalized spacial score (nSPS) is 24.6. The number of fused-ring (bicyclic) bond motifs is 3. The second-order valence-electron chi connectivity index (χ2n) is 9.73. The molecule has 0 aliphatic heterocycles. The first kappa shape index (κ1) is 19.7. The Bertz CT molecular complexity index is 1060. The van der Waals surface area contributed by atoms with Crippen LogP contribution in [0.1, 0.15) is 58.7 Å². The Kier molecular flexibility index (Phi) is 4.88. The summed E-state index contributed by atoms with van der Waals surface area (Å²) < 4.78 is 1.15. The molecule has 3 fully saturated rings. The zero-order chi connectivity index (χ0) is 20.9. The summed E-state index contributed by atoms with van der Waals surface area (Å²) in [5, 5.41) is 6.91. The average Bonchev–Trinajstić information content (AvgIpc) is 3.20. The molecule has 3 saturated carbocycles. The quantitative estimate of drug-likeness (QED) is 0.520. The zero-order valence-electron chi connectivity index (χ0n) is 18.1. The van der Waals surface area contributed by atoms with Crippen LogP contribution in [0.5, 0.6) is 0 Å². The highest BCUT2D eigenvalue weighted by atomic mass is 32.1. The summed E-state index contributed by atoms with van der Waals surface area (Å²) in [6, 6.07) is 6.13. The highest BCUT2D eigenvalue weighted by molar-refractivity contribution is 7.16. The van der Waals surface area contributed by atoms with Gasteiger partial charge in [0.2, 0.25) is 11.9 Å². The Morgan fingerprint density at radius 1 is 1.13 bits per heavy atom. The molecular weight excluding hydrogens is 392 g/mol. The minimum Gasteiger partial charge on any atom is -0.354 e. The van der Waals surface area contributed by atoms with Crippen molar-refractivity contribution in [3.8, 4) is 0 Å². The van der Waals surface area contributed by atoms with E-state index in [9.17, 15) is 0 Å². The van der Waals surface area contributed by atoms with Crippen LogP contribution in [0.3, 0.4) is 0 Å². The van der Waals surface area contributed by atoms with E-state index in [2.05, 4.69) is 59.3 Å². The first-order chi connectivity index (χ1) is 14.4. The Morgan fingerprint density at radius 2 is 1.97 bits per heavy atom. The molecule has 0 spiro atoms. The number of rotatable bonds is 6. The van der Waals surface area contributed by atoms with Gasteiger partial charge in [-0.05, 0) is 60.6 Å². The number of aromatic nitrogens is 4. The largest absolute Gasteiger partial charge is 0.354 e. The fourth-order valence-electron chi connectivity index (χ4n) is 5.28. The van der Waals surface area contributed by atoms with Crippen molar-refractivity contribution in [2.24, 2.45) is 23.2 Å². The van der Waals surface area contributed by atoms with Crippen LogP contribution in [0.4, 0.5) is 17.6 Å². The molecule has 2 aromatic heterocycles. The van der Waals surface area contributed by atoms with Crippen molar-refractivity contribution in [3.63, 3.8) is 0 Å². The number of anilines is 3. The van der Waals surface area contributed by atoms with Crippen LogP contribution in [-0.4, -0.2) is 26.5 Å². The van der Waals surface area contributed by atoms with Crippen LogP contribution in [0.15, 0.2) is 23.7 Å². The molecule has 0 saturated heterocycles. The van der Waals surface area contributed by atoms with Gasteiger partial charge in [-0.1, -0.05) is 27.7 Å². The van der Waals surface area contributed by atoms with E-state index in [0.29, 0.717) is 23.2 Å². The molecule has 2 N–H and O–H groups in total. The van der Waals surface area contributed by atoms with E-state index in [-0.39, 0.29) is 5.92 Å². The number of benzene rings is 1. The molecular formula is C23H30N6S. The van der Waals surface area contributed by atoms with E-state index in [1.165, 1.54) is 19.3 Å². The first-order valence-corrected chi connectivity index (χ1v) is 11.9. The molecule has 6 nitrogen and oxygen atoms in total. The molecule has 0 amide bonds. The Morgan fingerprint density at radius 3 is 2.73 bits per heavy atom. The molecule has 2 bridgehead atoms. The topological polar surface area (TPSA) is 75.6 Å². The van der Waals surface area contributed by atoms with E-state index in [1.807, 2.05) is 17.6 Å². The van der Waals surface area contributed by atoms with E-state index in [1.54, 1.807) is 11.3 Å². The average molecular weight is 423 g/mol. The third-order valence-corrected chi connectivity index (χ3v) is 8.07. The van der Waals surface area contributed by atoms with Crippen molar-refractivity contribution < 1.29 is 0 Å². The third-order valence-electron chi connectivity index (χ3n) is 7.28. The molecule has 3 atom stereocenters. The smallest absolute Gasteiger partial charge is 0.232 e. The number of nitrogens with one attached hydrogen (secondary N) is 2. The van der Waals surface area contributed by atoms with Crippen molar-refractivity contribution in [2.45, 2.75) is 52.9 Å². The van der Waals surface area contributed by atoms with Crippen molar-refractivity contribution in [1.82, 2.24) is 19.9 Å². The van der Waals surface area contributed by atoms with Gasteiger partial charge in [-0.25, -0.2) is 4.98 Å². The lowest BCUT2D eigenvalue weighted by molar-refractivity contribution is -0.100. The van der Waals surface area contributed by atoms with Crippen LogP contribution >= 0.6 is 11.3 Å². The van der Waals surface area contributed by atoms with Gasteiger partial charge in [0, 0.05) is 18.2 Å². The van der Waals surface area contributed by atoms with E-state index in [0.717, 1.165) is 40.1 Å². The van der Waals surface area contributed by atoms with Gasteiger partial charge in [0.15, 0.2) is 0 Å². The zero-order valence-corrected chi connectivity index (χ0v) is 19.0. The van der Waals surface area contributed by atoms with Gasteiger partial charge in [-0.2, -0.15) is 15.0 Å². The lowest BCUT2D eigenvalue weighted by atomic mass is 9.45. The molecule has 2 heterocycles. The maximum absolute atomic E-state index is 4.69. The van der Waals surface area contributed by atoms with E-state index in [4.69, 9.17) is 4.98 Å². The van der Waals surface area contributed by atoms with Gasteiger partial charge in [0.1, 0.15) is 5.82 Å². The van der Waals surface area contributed by atoms with Gasteiger partial charge in [-0.15, -0.1) is 11.3 Å². The second kappa shape index (κ2) is 7.45. The van der Waals surface area contributed by atoms with Gasteiger partial charge < -0.3 is 10.6 Å². The third kappa shape index (κ3) is 3.53. The van der Waals surface area contributed by atoms with Crippen molar-refractivity contribution in [2.75, 3.05) is 17.2 Å². The number of hydrogen-bond donors (Lipinski definition) is 2. The monoisotopic (exact) mass is 422 g/mol. The standard InChI is InChI=1S/C23H30N6S/c1-13(2)20-27-21(24-11-14-5-6-15-9-17(14)23(15,3)4)29-22(28-20)26-16-7-8-18-19(10-16)30-12-25-18/h7-8,10,12-15,17H,5-6,9,11H2,1-4H3,(H2,24,26,27,28,29)/t14?,15?,17-/m0/s1. The number of nitrogens with zero attached hydrogens (tertiary/aromatic N) is 4. The summed E-state index contributed by atoms with van der Waals surface area (Å²) in [7, 11) is 0. The molecule has 1 aromatic carbocycles. The van der Waals surface area contributed by atoms with E-state index < -0.39 is 0 Å². The first-order valence-electron chi connectivity index (χ1n) is 11.0. The van der Waals surface area contributed by atoms with Crippen LogP contribution in [-0.2, 0) is 0 Å². The summed E-state index contributed by atoms with van der Waals surface area (Å²) in [5.74, 6) is 4.76. The highest BCUT2D eigenvalue weighted by Crippen LogP contribution is 2.61. The molecule has 6 rings (SSSR count). The second-order valence-corrected chi connectivity index (χ2v) is 10.6. The van der Waals surface area contributed by atoms with Crippen LogP contribution in [0.25, 0.3) is 10.2 Å². The Labute approximate surface area is 182 Å². The fraction of sp³-hybridized carbons (Fsp3) is 0.565. The Hall–Kier alpha value is -2.28. The summed E-state index contributed by atoms with van der Waals surface area (Å²) >= 11 is 1.63. The van der Waals surface area contributed by atoms with Crippen LogP contribution in [0, 0.1) is 23.2 Å². The maximum atomic E-state index is 4.69. The molecule has 7 heteroatoms. The molecule has 3 aliphatic rings. The van der Waals surface area contributed by atoms with Gasteiger partial charge in [0.05, 0.1) is 15.7 Å². The molecule has 0 radical (unpaired) electrons. The predicted octanol–water partition coefficient (Wildman–Crippen LogP) is 5.83. The molecule has 30 heavy (non-hydrogen) atoms. The summed E-state index contributed by atoms with van der Waals surface area (Å²) in [6.07, 6.45) is 4.06. The van der Waals surface area contributed by atoms with Crippen molar-refractivity contribution in [1.29, 1.82) is 0 Å². The van der Waals surface area contributed by atoms with Crippen LogP contribution in [0.2, 0.25) is 0 Å². The van der Waals surface area contributed by atoms with Crippen LogP contribution < -0.4 is 10.6 Å². The fourth-order valence-corrected chi connectivity index (χ4v) is 5.99. The lowest BCUT2D eigenvalue weighted by Gasteiger charge is -2.60. The lowest BCUT2D eigenvalue weighted by Crippen LogP contribution is -2.53. The van der Waals surface area contributed by atoms with Gasteiger partial charge in [-0.3, -0.25) is 0 Å². The molecule has 3 aromatic rings. The Balaban J connectivity index is 1.34. The summed E-state index contributed by atoms with van der Waals surface area (Å²) in [6.45, 7) is 10.1. The highest BCUT2D eigenvalue weighted by Gasteiger charge is 2.53. The predicted molar refractivity (Wildman–Crippen MR) is 123 cm³/mol. The molecule has 2 unspecified atom stereocenters. The van der Waals surface area contributed by atoms with E-state index >= 15 is 0 Å². The molecule has 158 valence electrons. The van der Waals surface area contributed by atoms with Crippen molar-refractivity contribution in [3.05, 3.63) is 29.5 Å². The minimum absolute atomic E-state index is 0.235. The van der Waals surface area contributed by atoms with Gasteiger partial charge in [0.25, 0.3) is 0 Å². The maximum Gasteiger partial charge on any atom is 0.232 e. The SMILES string of the molecule is CC(C)c1nc(NCC2CCC3C[C@@H]2C3(C)C)nc(Nc2ccc3ncsc3c2)n1. The molecule has 3 aliphatic carbocycles. The number of hydrogen-bond acceptors (Lipinski definition) is 7. The van der Waals surface area contributed by atoms with Gasteiger partial charge >= 0.3 is 0 Å². The number of thiazole rings is 1. The summed E-state index contributed by atoms with van der Waals surface area (Å²) in [4.78, 5) is 18.4.